The van der Waals surface area contributed by atoms with Crippen LogP contribution >= 0.6 is 11.6 Å². The third-order valence-electron chi connectivity index (χ3n) is 3.19. The van der Waals surface area contributed by atoms with Gasteiger partial charge in [0, 0.05) is 19.1 Å². The Balaban J connectivity index is 2.01. The van der Waals surface area contributed by atoms with E-state index in [1.54, 1.807) is 0 Å². The number of ether oxygens (including phenoxy) is 1. The highest BCUT2D eigenvalue weighted by Crippen LogP contribution is 2.19. The van der Waals surface area contributed by atoms with Crippen molar-refractivity contribution in [2.24, 2.45) is 0 Å². The molecule has 1 unspecified atom stereocenters. The quantitative estimate of drug-likeness (QED) is 0.762. The van der Waals surface area contributed by atoms with Gasteiger partial charge in [0.15, 0.2) is 0 Å². The highest BCUT2D eigenvalue weighted by atomic mass is 35.5. The number of aryl methyl sites for hydroxylation is 1. The maximum atomic E-state index is 5.87. The van der Waals surface area contributed by atoms with Crippen LogP contribution in [-0.2, 0) is 17.0 Å². The van der Waals surface area contributed by atoms with Crippen LogP contribution in [0.2, 0.25) is 0 Å². The van der Waals surface area contributed by atoms with Crippen LogP contribution in [0.15, 0.2) is 0 Å². The largest absolute Gasteiger partial charge is 0.378 e. The molecule has 0 spiro atoms. The maximum Gasteiger partial charge on any atom is 0.148 e. The minimum atomic E-state index is 0.359. The van der Waals surface area contributed by atoms with Crippen molar-refractivity contribution in [3.05, 3.63) is 11.6 Å². The van der Waals surface area contributed by atoms with Crippen molar-refractivity contribution in [2.75, 3.05) is 6.61 Å². The van der Waals surface area contributed by atoms with Crippen molar-refractivity contribution < 1.29 is 4.74 Å². The third-order valence-corrected chi connectivity index (χ3v) is 3.43. The van der Waals surface area contributed by atoms with E-state index in [9.17, 15) is 0 Å². The third kappa shape index (κ3) is 2.99. The number of hydrogen-bond acceptors (Lipinski definition) is 3. The molecule has 1 atom stereocenters. The molecule has 1 aromatic rings. The molecular weight excluding hydrogens is 238 g/mol. The van der Waals surface area contributed by atoms with Crippen LogP contribution in [0.5, 0.6) is 0 Å². The smallest absolute Gasteiger partial charge is 0.148 e. The average Bonchev–Trinajstić information content (AvgIpc) is 2.95. The summed E-state index contributed by atoms with van der Waals surface area (Å²) in [6.45, 7) is 5.18. The molecule has 0 amide bonds. The Kier molecular flexibility index (Phi) is 4.40. The molecule has 1 aliphatic rings. The monoisotopic (exact) mass is 257 g/mol. The van der Waals surface area contributed by atoms with Crippen molar-refractivity contribution in [1.82, 2.24) is 14.8 Å². The fourth-order valence-corrected chi connectivity index (χ4v) is 2.56. The lowest BCUT2D eigenvalue weighted by Gasteiger charge is -2.14. The second kappa shape index (κ2) is 5.83. The lowest BCUT2D eigenvalue weighted by Crippen LogP contribution is -2.13. The minimum absolute atomic E-state index is 0.359. The molecule has 0 bridgehead atoms. The number of alkyl halides is 1. The summed E-state index contributed by atoms with van der Waals surface area (Å²) in [4.78, 5) is 0. The van der Waals surface area contributed by atoms with Crippen LogP contribution < -0.4 is 0 Å². The molecule has 1 saturated heterocycles. The van der Waals surface area contributed by atoms with Crippen molar-refractivity contribution in [3.8, 4) is 0 Å². The van der Waals surface area contributed by atoms with Crippen LogP contribution in [0.25, 0.3) is 0 Å². The highest BCUT2D eigenvalue weighted by Gasteiger charge is 2.18. The van der Waals surface area contributed by atoms with E-state index in [4.69, 9.17) is 16.3 Å². The van der Waals surface area contributed by atoms with Gasteiger partial charge in [-0.2, -0.15) is 0 Å². The molecule has 0 radical (unpaired) electrons. The SMILES string of the molecule is CC(C)n1c(CCl)nnc1CCC1CCCO1. The Morgan fingerprint density at radius 3 is 2.76 bits per heavy atom. The molecule has 5 heteroatoms. The summed E-state index contributed by atoms with van der Waals surface area (Å²) >= 11 is 5.87. The summed E-state index contributed by atoms with van der Waals surface area (Å²) < 4.78 is 7.77. The fourth-order valence-electron chi connectivity index (χ4n) is 2.38. The minimum Gasteiger partial charge on any atom is -0.378 e. The van der Waals surface area contributed by atoms with Gasteiger partial charge >= 0.3 is 0 Å². The van der Waals surface area contributed by atoms with E-state index < -0.39 is 0 Å². The van der Waals surface area contributed by atoms with E-state index in [0.717, 1.165) is 31.1 Å². The van der Waals surface area contributed by atoms with E-state index >= 15 is 0 Å². The number of halogens is 1. The summed E-state index contributed by atoms with van der Waals surface area (Å²) in [6, 6.07) is 0.359. The number of aromatic nitrogens is 3. The standard InChI is InChI=1S/C12H20ClN3O/c1-9(2)16-11(14-15-12(16)8-13)6-5-10-4-3-7-17-10/h9-10H,3-8H2,1-2H3. The highest BCUT2D eigenvalue weighted by molar-refractivity contribution is 6.16. The lowest BCUT2D eigenvalue weighted by molar-refractivity contribution is 0.104. The van der Waals surface area contributed by atoms with E-state index in [-0.39, 0.29) is 0 Å². The zero-order valence-corrected chi connectivity index (χ0v) is 11.3. The Labute approximate surface area is 107 Å². The van der Waals surface area contributed by atoms with Gasteiger partial charge in [-0.3, -0.25) is 0 Å². The van der Waals surface area contributed by atoms with Gasteiger partial charge in [0.05, 0.1) is 12.0 Å². The molecule has 1 aliphatic heterocycles. The summed E-state index contributed by atoms with van der Waals surface area (Å²) in [6.07, 6.45) is 4.73. The Hall–Kier alpha value is -0.610. The maximum absolute atomic E-state index is 5.87. The number of nitrogens with zero attached hydrogens (tertiary/aromatic N) is 3. The summed E-state index contributed by atoms with van der Waals surface area (Å²) in [5, 5.41) is 8.38. The van der Waals surface area contributed by atoms with Gasteiger partial charge in [0.25, 0.3) is 0 Å². The Morgan fingerprint density at radius 1 is 1.41 bits per heavy atom. The molecule has 0 aliphatic carbocycles. The summed E-state index contributed by atoms with van der Waals surface area (Å²) in [5.41, 5.74) is 0. The van der Waals surface area contributed by atoms with E-state index in [1.807, 2.05) is 0 Å². The van der Waals surface area contributed by atoms with Crippen molar-refractivity contribution in [3.63, 3.8) is 0 Å². The van der Waals surface area contributed by atoms with Crippen LogP contribution in [0.1, 0.15) is 50.8 Å². The lowest BCUT2D eigenvalue weighted by atomic mass is 10.1. The first-order chi connectivity index (χ1) is 8.22. The van der Waals surface area contributed by atoms with Gasteiger partial charge in [0.2, 0.25) is 0 Å². The second-order valence-corrected chi connectivity index (χ2v) is 5.07. The van der Waals surface area contributed by atoms with Gasteiger partial charge in [-0.25, -0.2) is 0 Å². The zero-order valence-electron chi connectivity index (χ0n) is 10.5. The zero-order chi connectivity index (χ0) is 12.3. The average molecular weight is 258 g/mol. The molecule has 17 heavy (non-hydrogen) atoms. The molecule has 96 valence electrons. The number of hydrogen-bond donors (Lipinski definition) is 0. The van der Waals surface area contributed by atoms with E-state index in [1.165, 1.54) is 12.8 Å². The molecule has 0 aromatic carbocycles. The molecule has 0 saturated carbocycles. The van der Waals surface area contributed by atoms with Crippen molar-refractivity contribution in [2.45, 2.75) is 57.6 Å². The first kappa shape index (κ1) is 12.8. The van der Waals surface area contributed by atoms with Crippen LogP contribution in [-0.4, -0.2) is 27.5 Å². The second-order valence-electron chi connectivity index (χ2n) is 4.80. The normalized spacial score (nSPS) is 20.4. The molecule has 0 N–H and O–H groups in total. The summed E-state index contributed by atoms with van der Waals surface area (Å²) in [5.74, 6) is 2.32. The van der Waals surface area contributed by atoms with Crippen LogP contribution in [0, 0.1) is 0 Å². The van der Waals surface area contributed by atoms with Gasteiger partial charge in [-0.05, 0) is 33.1 Å². The Morgan fingerprint density at radius 2 is 2.18 bits per heavy atom. The van der Waals surface area contributed by atoms with Gasteiger partial charge in [0.1, 0.15) is 11.6 Å². The first-order valence-electron chi connectivity index (χ1n) is 6.32. The first-order valence-corrected chi connectivity index (χ1v) is 6.86. The topological polar surface area (TPSA) is 39.9 Å². The summed E-state index contributed by atoms with van der Waals surface area (Å²) in [7, 11) is 0. The van der Waals surface area contributed by atoms with Crippen LogP contribution in [0.4, 0.5) is 0 Å². The molecule has 1 aromatic heterocycles. The van der Waals surface area contributed by atoms with Gasteiger partial charge < -0.3 is 9.30 Å². The van der Waals surface area contributed by atoms with E-state index in [0.29, 0.717) is 18.0 Å². The fraction of sp³-hybridized carbons (Fsp3) is 0.833. The molecule has 1 fully saturated rings. The van der Waals surface area contributed by atoms with Crippen LogP contribution in [0.3, 0.4) is 0 Å². The predicted octanol–water partition coefficient (Wildman–Crippen LogP) is 2.71. The molecule has 2 heterocycles. The molecule has 4 nitrogen and oxygen atoms in total. The number of rotatable bonds is 5. The van der Waals surface area contributed by atoms with E-state index in [2.05, 4.69) is 28.6 Å². The molecule has 2 rings (SSSR count). The predicted molar refractivity (Wildman–Crippen MR) is 67.3 cm³/mol. The van der Waals surface area contributed by atoms with Gasteiger partial charge in [-0.1, -0.05) is 0 Å². The van der Waals surface area contributed by atoms with Crippen molar-refractivity contribution >= 4 is 11.6 Å². The molecular formula is C12H20ClN3O. The van der Waals surface area contributed by atoms with Gasteiger partial charge in [-0.15, -0.1) is 21.8 Å². The Bertz CT molecular complexity index is 359. The van der Waals surface area contributed by atoms with Crippen molar-refractivity contribution in [1.29, 1.82) is 0 Å².